The van der Waals surface area contributed by atoms with Gasteiger partial charge in [-0.1, -0.05) is 18.2 Å². The summed E-state index contributed by atoms with van der Waals surface area (Å²) in [4.78, 5) is 15.9. The van der Waals surface area contributed by atoms with Crippen LogP contribution in [0.5, 0.6) is 0 Å². The van der Waals surface area contributed by atoms with E-state index in [0.717, 1.165) is 23.4 Å². The van der Waals surface area contributed by atoms with E-state index < -0.39 is 0 Å². The number of hydrogen-bond acceptors (Lipinski definition) is 3. The first-order chi connectivity index (χ1) is 8.74. The Bertz CT molecular complexity index is 523. The fourth-order valence-corrected chi connectivity index (χ4v) is 1.83. The van der Waals surface area contributed by atoms with Gasteiger partial charge >= 0.3 is 0 Å². The first-order valence-corrected chi connectivity index (χ1v) is 6.00. The molecule has 0 fully saturated rings. The number of aryl methyl sites for hydroxylation is 1. The molecule has 0 amide bonds. The maximum atomic E-state index is 11.8. The van der Waals surface area contributed by atoms with Gasteiger partial charge in [0.05, 0.1) is 0 Å². The number of rotatable bonds is 5. The highest BCUT2D eigenvalue weighted by Gasteiger charge is 2.05. The van der Waals surface area contributed by atoms with Gasteiger partial charge in [0.2, 0.25) is 0 Å². The highest BCUT2D eigenvalue weighted by Crippen LogP contribution is 2.09. The van der Waals surface area contributed by atoms with Crippen molar-refractivity contribution in [3.8, 4) is 0 Å². The fourth-order valence-electron chi connectivity index (χ4n) is 1.83. The molecule has 0 aliphatic rings. The van der Waals surface area contributed by atoms with Gasteiger partial charge in [-0.15, -0.1) is 0 Å². The Morgan fingerprint density at radius 1 is 1.17 bits per heavy atom. The van der Waals surface area contributed by atoms with Crippen molar-refractivity contribution in [2.75, 3.05) is 5.73 Å². The molecular formula is C15H16N2O. The van der Waals surface area contributed by atoms with Crippen molar-refractivity contribution in [2.45, 2.75) is 19.3 Å². The van der Waals surface area contributed by atoms with E-state index in [0.29, 0.717) is 12.8 Å². The van der Waals surface area contributed by atoms with E-state index in [9.17, 15) is 4.79 Å². The summed E-state index contributed by atoms with van der Waals surface area (Å²) in [6, 6.07) is 13.3. The number of carbonyl (C=O) groups is 1. The van der Waals surface area contributed by atoms with Crippen LogP contribution in [-0.4, -0.2) is 10.8 Å². The molecular weight excluding hydrogens is 224 g/mol. The van der Waals surface area contributed by atoms with Crippen LogP contribution in [0.3, 0.4) is 0 Å². The molecule has 92 valence electrons. The first-order valence-electron chi connectivity index (χ1n) is 6.00. The minimum absolute atomic E-state index is 0.205. The van der Waals surface area contributed by atoms with E-state index in [1.807, 2.05) is 42.5 Å². The molecule has 1 aromatic heterocycles. The number of nitrogen functional groups attached to an aromatic ring is 1. The number of ketones is 1. The number of anilines is 1. The van der Waals surface area contributed by atoms with Crippen LogP contribution >= 0.6 is 0 Å². The van der Waals surface area contributed by atoms with Gasteiger partial charge in [-0.25, -0.2) is 0 Å². The Kier molecular flexibility index (Phi) is 4.07. The molecule has 0 radical (unpaired) electrons. The maximum Gasteiger partial charge on any atom is 0.139 e. The van der Waals surface area contributed by atoms with Crippen LogP contribution < -0.4 is 5.73 Å². The number of hydrogen-bond donors (Lipinski definition) is 1. The predicted molar refractivity (Wildman–Crippen MR) is 72.1 cm³/mol. The minimum atomic E-state index is 0.205. The van der Waals surface area contributed by atoms with Crippen LogP contribution in [0.2, 0.25) is 0 Å². The summed E-state index contributed by atoms with van der Waals surface area (Å²) >= 11 is 0. The summed E-state index contributed by atoms with van der Waals surface area (Å²) in [5, 5.41) is 0. The second kappa shape index (κ2) is 5.96. The Hall–Kier alpha value is -2.16. The van der Waals surface area contributed by atoms with Crippen molar-refractivity contribution >= 4 is 11.5 Å². The van der Waals surface area contributed by atoms with Crippen molar-refractivity contribution in [3.05, 3.63) is 59.9 Å². The standard InChI is InChI=1S/C15H16N2O/c16-13-5-3-4-12(10-13)7-8-15(18)11-14-6-1-2-9-17-14/h1-6,9-10H,7-8,11,16H2. The normalized spacial score (nSPS) is 10.2. The molecule has 0 bridgehead atoms. The van der Waals surface area contributed by atoms with Crippen molar-refractivity contribution in [2.24, 2.45) is 0 Å². The second-order valence-corrected chi connectivity index (χ2v) is 4.28. The van der Waals surface area contributed by atoms with Crippen LogP contribution in [0.15, 0.2) is 48.7 Å². The number of benzene rings is 1. The first kappa shape index (κ1) is 12.3. The summed E-state index contributed by atoms with van der Waals surface area (Å²) in [6.45, 7) is 0. The van der Waals surface area contributed by atoms with Gasteiger partial charge in [0, 0.05) is 30.4 Å². The number of aromatic nitrogens is 1. The van der Waals surface area contributed by atoms with Crippen molar-refractivity contribution in [1.29, 1.82) is 0 Å². The molecule has 2 N–H and O–H groups in total. The van der Waals surface area contributed by atoms with Gasteiger partial charge in [0.1, 0.15) is 5.78 Å². The summed E-state index contributed by atoms with van der Waals surface area (Å²) in [5.74, 6) is 0.205. The molecule has 18 heavy (non-hydrogen) atoms. The Balaban J connectivity index is 1.85. The zero-order chi connectivity index (χ0) is 12.8. The molecule has 0 saturated carbocycles. The number of nitrogens with zero attached hydrogens (tertiary/aromatic N) is 1. The second-order valence-electron chi connectivity index (χ2n) is 4.28. The topological polar surface area (TPSA) is 56.0 Å². The van der Waals surface area contributed by atoms with Crippen molar-refractivity contribution < 1.29 is 4.79 Å². The molecule has 3 nitrogen and oxygen atoms in total. The molecule has 0 aliphatic heterocycles. The highest BCUT2D eigenvalue weighted by molar-refractivity contribution is 5.80. The molecule has 0 saturated heterocycles. The third-order valence-electron chi connectivity index (χ3n) is 2.75. The number of Topliss-reactive ketones (excluding diaryl/α,β-unsaturated/α-hetero) is 1. The third kappa shape index (κ3) is 3.70. The lowest BCUT2D eigenvalue weighted by Gasteiger charge is -2.02. The van der Waals surface area contributed by atoms with Crippen molar-refractivity contribution in [1.82, 2.24) is 4.98 Å². The van der Waals surface area contributed by atoms with Gasteiger partial charge in [-0.05, 0) is 36.2 Å². The van der Waals surface area contributed by atoms with E-state index in [4.69, 9.17) is 5.73 Å². The van der Waals surface area contributed by atoms with Crippen LogP contribution in [0.1, 0.15) is 17.7 Å². The SMILES string of the molecule is Nc1cccc(CCC(=O)Cc2ccccn2)c1. The molecule has 2 rings (SSSR count). The highest BCUT2D eigenvalue weighted by atomic mass is 16.1. The summed E-state index contributed by atoms with van der Waals surface area (Å²) in [6.07, 6.45) is 3.38. The van der Waals surface area contributed by atoms with Gasteiger partial charge in [0.25, 0.3) is 0 Å². The Labute approximate surface area is 107 Å². The van der Waals surface area contributed by atoms with E-state index >= 15 is 0 Å². The quantitative estimate of drug-likeness (QED) is 0.816. The molecule has 0 aliphatic carbocycles. The smallest absolute Gasteiger partial charge is 0.139 e. The fraction of sp³-hybridized carbons (Fsp3) is 0.200. The largest absolute Gasteiger partial charge is 0.399 e. The lowest BCUT2D eigenvalue weighted by Crippen LogP contribution is -2.05. The van der Waals surface area contributed by atoms with Crippen LogP contribution in [0.25, 0.3) is 0 Å². The minimum Gasteiger partial charge on any atom is -0.399 e. The van der Waals surface area contributed by atoms with E-state index in [2.05, 4.69) is 4.98 Å². The van der Waals surface area contributed by atoms with Crippen LogP contribution in [0, 0.1) is 0 Å². The maximum absolute atomic E-state index is 11.8. The molecule has 1 aromatic carbocycles. The predicted octanol–water partition coefficient (Wildman–Crippen LogP) is 2.41. The number of carbonyl (C=O) groups excluding carboxylic acids is 1. The molecule has 3 heteroatoms. The van der Waals surface area contributed by atoms with E-state index in [-0.39, 0.29) is 5.78 Å². The lowest BCUT2D eigenvalue weighted by molar-refractivity contribution is -0.118. The average molecular weight is 240 g/mol. The summed E-state index contributed by atoms with van der Waals surface area (Å²) in [7, 11) is 0. The molecule has 2 aromatic rings. The zero-order valence-electron chi connectivity index (χ0n) is 10.2. The summed E-state index contributed by atoms with van der Waals surface area (Å²) < 4.78 is 0. The van der Waals surface area contributed by atoms with Gasteiger partial charge in [-0.2, -0.15) is 0 Å². The van der Waals surface area contributed by atoms with Gasteiger partial charge < -0.3 is 5.73 Å². The third-order valence-corrected chi connectivity index (χ3v) is 2.75. The van der Waals surface area contributed by atoms with E-state index in [1.165, 1.54) is 0 Å². The van der Waals surface area contributed by atoms with E-state index in [1.54, 1.807) is 6.20 Å². The average Bonchev–Trinajstić information content (AvgIpc) is 2.38. The molecule has 0 spiro atoms. The molecule has 0 unspecified atom stereocenters. The molecule has 0 atom stereocenters. The van der Waals surface area contributed by atoms with Gasteiger partial charge in [-0.3, -0.25) is 9.78 Å². The lowest BCUT2D eigenvalue weighted by atomic mass is 10.0. The van der Waals surface area contributed by atoms with Crippen LogP contribution in [-0.2, 0) is 17.6 Å². The Morgan fingerprint density at radius 2 is 2.06 bits per heavy atom. The van der Waals surface area contributed by atoms with Crippen LogP contribution in [0.4, 0.5) is 5.69 Å². The number of nitrogens with two attached hydrogens (primary N) is 1. The number of pyridine rings is 1. The monoisotopic (exact) mass is 240 g/mol. The molecule has 1 heterocycles. The van der Waals surface area contributed by atoms with Gasteiger partial charge in [0.15, 0.2) is 0 Å². The Morgan fingerprint density at radius 3 is 2.78 bits per heavy atom. The summed E-state index contributed by atoms with van der Waals surface area (Å²) in [5.41, 5.74) is 8.36. The van der Waals surface area contributed by atoms with Crippen molar-refractivity contribution in [3.63, 3.8) is 0 Å². The zero-order valence-corrected chi connectivity index (χ0v) is 10.2.